The molecule has 0 atom stereocenters. The van der Waals surface area contributed by atoms with Gasteiger partial charge < -0.3 is 9.26 Å². The Morgan fingerprint density at radius 3 is 2.77 bits per heavy atom. The van der Waals surface area contributed by atoms with Crippen molar-refractivity contribution in [1.29, 1.82) is 0 Å². The normalized spacial score (nSPS) is 14.4. The van der Waals surface area contributed by atoms with Crippen LogP contribution in [-0.2, 0) is 23.0 Å². The highest BCUT2D eigenvalue weighted by molar-refractivity contribution is 7.89. The number of carbonyl (C=O) groups excluding carboxylic acids is 1. The first-order valence-electron chi connectivity index (χ1n) is 9.16. The van der Waals surface area contributed by atoms with Gasteiger partial charge in [-0.1, -0.05) is 5.16 Å². The lowest BCUT2D eigenvalue weighted by Gasteiger charge is -2.25. The van der Waals surface area contributed by atoms with Crippen molar-refractivity contribution in [1.82, 2.24) is 14.4 Å². The van der Waals surface area contributed by atoms with E-state index in [-0.39, 0.29) is 17.1 Å². The minimum absolute atomic E-state index is 0.166. The van der Waals surface area contributed by atoms with Gasteiger partial charge in [-0.2, -0.15) is 4.31 Å². The first kappa shape index (κ1) is 20.5. The van der Waals surface area contributed by atoms with Crippen molar-refractivity contribution in [3.8, 4) is 5.75 Å². The number of hydrogen-bond acceptors (Lipinski definition) is 8. The van der Waals surface area contributed by atoms with Crippen LogP contribution in [0.1, 0.15) is 32.4 Å². The number of amides is 1. The summed E-state index contributed by atoms with van der Waals surface area (Å²) in [5.41, 5.74) is 1.71. The van der Waals surface area contributed by atoms with Crippen molar-refractivity contribution >= 4 is 32.4 Å². The summed E-state index contributed by atoms with van der Waals surface area (Å²) in [5, 5.41) is 6.79. The average Bonchev–Trinajstić information content (AvgIpc) is 3.32. The van der Waals surface area contributed by atoms with Crippen molar-refractivity contribution in [3.63, 3.8) is 0 Å². The predicted molar refractivity (Wildman–Crippen MR) is 110 cm³/mol. The summed E-state index contributed by atoms with van der Waals surface area (Å²) < 4.78 is 37.8. The number of hydrogen-bond donors (Lipinski definition) is 1. The van der Waals surface area contributed by atoms with Crippen LogP contribution in [0.4, 0.5) is 5.13 Å². The summed E-state index contributed by atoms with van der Waals surface area (Å²) in [6, 6.07) is 6.36. The van der Waals surface area contributed by atoms with Gasteiger partial charge in [0.2, 0.25) is 10.0 Å². The van der Waals surface area contributed by atoms with Crippen LogP contribution in [0.5, 0.6) is 5.75 Å². The van der Waals surface area contributed by atoms with Crippen LogP contribution in [0.2, 0.25) is 0 Å². The second kappa shape index (κ2) is 7.82. The molecule has 30 heavy (non-hydrogen) atoms. The van der Waals surface area contributed by atoms with Gasteiger partial charge in [0.05, 0.1) is 24.2 Å². The van der Waals surface area contributed by atoms with Gasteiger partial charge in [-0.15, -0.1) is 11.3 Å². The fourth-order valence-electron chi connectivity index (χ4n) is 3.23. The Bertz CT molecular complexity index is 1220. The number of aromatic nitrogens is 2. The summed E-state index contributed by atoms with van der Waals surface area (Å²) in [4.78, 5) is 17.7. The van der Waals surface area contributed by atoms with E-state index in [2.05, 4.69) is 15.5 Å². The molecule has 0 fully saturated rings. The second-order valence-corrected chi connectivity index (χ2v) is 9.91. The van der Waals surface area contributed by atoms with Crippen molar-refractivity contribution in [2.75, 3.05) is 19.0 Å². The van der Waals surface area contributed by atoms with E-state index in [1.165, 1.54) is 21.7 Å². The molecule has 9 nitrogen and oxygen atoms in total. The van der Waals surface area contributed by atoms with Gasteiger partial charge in [0, 0.05) is 23.9 Å². The highest BCUT2D eigenvalue weighted by Gasteiger charge is 2.31. The number of benzene rings is 1. The minimum Gasteiger partial charge on any atom is -0.496 e. The molecule has 0 radical (unpaired) electrons. The Kier molecular flexibility index (Phi) is 5.35. The Hall–Kier alpha value is -2.76. The van der Waals surface area contributed by atoms with Gasteiger partial charge in [0.1, 0.15) is 11.5 Å². The molecule has 3 aromatic rings. The number of aryl methyl sites for hydroxylation is 2. The molecule has 2 aromatic heterocycles. The Morgan fingerprint density at radius 2 is 2.10 bits per heavy atom. The highest BCUT2D eigenvalue weighted by Crippen LogP contribution is 2.32. The number of methoxy groups -OCH3 is 1. The molecule has 0 bridgehead atoms. The van der Waals surface area contributed by atoms with Crippen LogP contribution < -0.4 is 10.1 Å². The minimum atomic E-state index is -3.66. The quantitative estimate of drug-likeness (QED) is 0.638. The van der Waals surface area contributed by atoms with Crippen molar-refractivity contribution in [2.24, 2.45) is 0 Å². The van der Waals surface area contributed by atoms with Crippen LogP contribution in [0, 0.1) is 13.8 Å². The number of nitrogens with one attached hydrogen (secondary N) is 1. The van der Waals surface area contributed by atoms with Crippen LogP contribution in [0.3, 0.4) is 0 Å². The standard InChI is InChI=1S/C19H20N4O5S2/c1-11-8-13(4-5-16(11)27-3)30(25,26)23-7-6-14-17(10-23)29-19(20-14)21-18(24)15-9-12(2)28-22-15/h4-5,8-9H,6-7,10H2,1-3H3,(H,20,21,24). The van der Waals surface area contributed by atoms with E-state index < -0.39 is 15.9 Å². The summed E-state index contributed by atoms with van der Waals surface area (Å²) >= 11 is 1.26. The van der Waals surface area contributed by atoms with Crippen LogP contribution >= 0.6 is 11.3 Å². The number of nitrogens with zero attached hydrogens (tertiary/aromatic N) is 3. The van der Waals surface area contributed by atoms with Crippen LogP contribution in [-0.4, -0.2) is 42.4 Å². The van der Waals surface area contributed by atoms with E-state index in [1.807, 2.05) is 0 Å². The lowest BCUT2D eigenvalue weighted by molar-refractivity contribution is 0.101. The molecule has 158 valence electrons. The third kappa shape index (κ3) is 3.83. The number of carbonyl (C=O) groups is 1. The number of rotatable bonds is 5. The van der Waals surface area contributed by atoms with Gasteiger partial charge in [-0.3, -0.25) is 10.1 Å². The molecule has 1 aliphatic rings. The van der Waals surface area contributed by atoms with Gasteiger partial charge >= 0.3 is 0 Å². The molecule has 11 heteroatoms. The van der Waals surface area contributed by atoms with Crippen LogP contribution in [0.15, 0.2) is 33.7 Å². The monoisotopic (exact) mass is 448 g/mol. The van der Waals surface area contributed by atoms with Gasteiger partial charge in [0.25, 0.3) is 5.91 Å². The van der Waals surface area contributed by atoms with Gasteiger partial charge in [0.15, 0.2) is 10.8 Å². The topological polar surface area (TPSA) is 115 Å². The molecule has 0 saturated heterocycles. The van der Waals surface area contributed by atoms with E-state index >= 15 is 0 Å². The summed E-state index contributed by atoms with van der Waals surface area (Å²) in [6.07, 6.45) is 0.471. The summed E-state index contributed by atoms with van der Waals surface area (Å²) in [7, 11) is -2.11. The maximum absolute atomic E-state index is 13.1. The first-order valence-corrected chi connectivity index (χ1v) is 11.4. The molecule has 1 aliphatic heterocycles. The van der Waals surface area contributed by atoms with E-state index in [9.17, 15) is 13.2 Å². The van der Waals surface area contributed by atoms with Crippen LogP contribution in [0.25, 0.3) is 0 Å². The fourth-order valence-corrected chi connectivity index (χ4v) is 5.82. The molecular weight excluding hydrogens is 428 g/mol. The third-order valence-electron chi connectivity index (χ3n) is 4.78. The molecular formula is C19H20N4O5S2. The van der Waals surface area contributed by atoms with E-state index in [1.54, 1.807) is 39.2 Å². The lowest BCUT2D eigenvalue weighted by Crippen LogP contribution is -2.35. The maximum Gasteiger partial charge on any atom is 0.279 e. The Labute approximate surface area is 177 Å². The highest BCUT2D eigenvalue weighted by atomic mass is 32.2. The molecule has 1 aromatic carbocycles. The maximum atomic E-state index is 13.1. The van der Waals surface area contributed by atoms with E-state index in [0.29, 0.717) is 29.6 Å². The fraction of sp³-hybridized carbons (Fsp3) is 0.316. The average molecular weight is 449 g/mol. The molecule has 1 N–H and O–H groups in total. The number of sulfonamides is 1. The van der Waals surface area contributed by atoms with E-state index in [0.717, 1.165) is 16.1 Å². The number of ether oxygens (including phenoxy) is 1. The van der Waals surface area contributed by atoms with Crippen molar-refractivity contribution in [2.45, 2.75) is 31.7 Å². The SMILES string of the molecule is COc1ccc(S(=O)(=O)N2CCc3nc(NC(=O)c4cc(C)on4)sc3C2)cc1C. The molecule has 1 amide bonds. The lowest BCUT2D eigenvalue weighted by atomic mass is 10.2. The largest absolute Gasteiger partial charge is 0.496 e. The zero-order valence-electron chi connectivity index (χ0n) is 16.6. The third-order valence-corrected chi connectivity index (χ3v) is 7.62. The number of anilines is 1. The predicted octanol–water partition coefficient (Wildman–Crippen LogP) is 2.76. The second-order valence-electron chi connectivity index (χ2n) is 6.89. The molecule has 0 spiro atoms. The number of fused-ring (bicyclic) bond motifs is 1. The van der Waals surface area contributed by atoms with Crippen molar-refractivity contribution in [3.05, 3.63) is 51.9 Å². The Morgan fingerprint density at radius 1 is 1.30 bits per heavy atom. The van der Waals surface area contributed by atoms with E-state index in [4.69, 9.17) is 9.26 Å². The molecule has 0 unspecified atom stereocenters. The Balaban J connectivity index is 1.52. The van der Waals surface area contributed by atoms with Gasteiger partial charge in [-0.25, -0.2) is 13.4 Å². The first-order chi connectivity index (χ1) is 14.3. The molecule has 0 aliphatic carbocycles. The zero-order chi connectivity index (χ0) is 21.5. The smallest absolute Gasteiger partial charge is 0.279 e. The number of thiazole rings is 1. The zero-order valence-corrected chi connectivity index (χ0v) is 18.3. The molecule has 3 heterocycles. The molecule has 4 rings (SSSR count). The summed E-state index contributed by atoms with van der Waals surface area (Å²) in [5.74, 6) is 0.754. The molecule has 0 saturated carbocycles. The summed E-state index contributed by atoms with van der Waals surface area (Å²) in [6.45, 7) is 4.03. The van der Waals surface area contributed by atoms with Crippen molar-refractivity contribution < 1.29 is 22.5 Å². The van der Waals surface area contributed by atoms with Gasteiger partial charge in [-0.05, 0) is 37.6 Å².